The Labute approximate surface area is 118 Å². The first-order valence-electron chi connectivity index (χ1n) is 6.47. The molecule has 1 fully saturated rings. The minimum atomic E-state index is -3.47. The van der Waals surface area contributed by atoms with E-state index >= 15 is 0 Å². The van der Waals surface area contributed by atoms with Crippen LogP contribution in [0.4, 0.5) is 0 Å². The molecule has 0 aliphatic carbocycles. The van der Waals surface area contributed by atoms with Gasteiger partial charge < -0.3 is 9.67 Å². The molecule has 0 amide bonds. The number of thioether (sulfide) groups is 1. The molecule has 1 aliphatic heterocycles. The summed E-state index contributed by atoms with van der Waals surface area (Å²) in [5.41, 5.74) is 0.627. The van der Waals surface area contributed by atoms with Gasteiger partial charge in [-0.3, -0.25) is 0 Å². The van der Waals surface area contributed by atoms with Crippen molar-refractivity contribution in [3.05, 3.63) is 18.0 Å². The first-order chi connectivity index (χ1) is 9.06. The van der Waals surface area contributed by atoms with Gasteiger partial charge in [-0.2, -0.15) is 11.8 Å². The average molecular weight is 304 g/mol. The summed E-state index contributed by atoms with van der Waals surface area (Å²) in [6.07, 6.45) is 3.35. The number of aryl methyl sites for hydroxylation is 1. The van der Waals surface area contributed by atoms with Crippen molar-refractivity contribution in [3.8, 4) is 0 Å². The van der Waals surface area contributed by atoms with E-state index in [1.807, 2.05) is 18.7 Å². The molecule has 0 radical (unpaired) electrons. The number of hydrogen-bond acceptors (Lipinski definition) is 4. The summed E-state index contributed by atoms with van der Waals surface area (Å²) >= 11 is 1.86. The molecule has 0 saturated carbocycles. The number of aromatic nitrogens is 1. The van der Waals surface area contributed by atoms with Crippen LogP contribution >= 0.6 is 11.8 Å². The van der Waals surface area contributed by atoms with E-state index < -0.39 is 10.0 Å². The predicted molar refractivity (Wildman–Crippen MR) is 76.7 cm³/mol. The Balaban J connectivity index is 2.16. The molecular weight excluding hydrogens is 284 g/mol. The molecule has 0 spiro atoms. The Kier molecular flexibility index (Phi) is 4.94. The van der Waals surface area contributed by atoms with Gasteiger partial charge in [0.05, 0.1) is 11.5 Å². The zero-order chi connectivity index (χ0) is 13.9. The van der Waals surface area contributed by atoms with Crippen LogP contribution in [0.15, 0.2) is 17.2 Å². The normalized spacial score (nSPS) is 17.8. The fraction of sp³-hybridized carbons (Fsp3) is 0.667. The monoisotopic (exact) mass is 304 g/mol. The maximum absolute atomic E-state index is 12.3. The highest BCUT2D eigenvalue weighted by Crippen LogP contribution is 2.20. The van der Waals surface area contributed by atoms with Crippen LogP contribution in [0.5, 0.6) is 0 Å². The number of aliphatic hydroxyl groups is 1. The Morgan fingerprint density at radius 1 is 1.47 bits per heavy atom. The van der Waals surface area contributed by atoms with Crippen LogP contribution in [-0.2, 0) is 23.2 Å². The zero-order valence-corrected chi connectivity index (χ0v) is 12.6. The van der Waals surface area contributed by atoms with E-state index in [0.29, 0.717) is 12.2 Å². The van der Waals surface area contributed by atoms with Gasteiger partial charge in [-0.1, -0.05) is 0 Å². The van der Waals surface area contributed by atoms with Gasteiger partial charge >= 0.3 is 0 Å². The molecule has 2 N–H and O–H groups in total. The van der Waals surface area contributed by atoms with E-state index in [-0.39, 0.29) is 17.5 Å². The highest BCUT2D eigenvalue weighted by Gasteiger charge is 2.23. The van der Waals surface area contributed by atoms with E-state index in [4.69, 9.17) is 0 Å². The van der Waals surface area contributed by atoms with Crippen molar-refractivity contribution in [3.63, 3.8) is 0 Å². The lowest BCUT2D eigenvalue weighted by molar-refractivity contribution is 0.271. The second-order valence-corrected chi connectivity index (χ2v) is 7.56. The van der Waals surface area contributed by atoms with Crippen LogP contribution in [0.3, 0.4) is 0 Å². The third-order valence-electron chi connectivity index (χ3n) is 3.32. The minimum Gasteiger partial charge on any atom is -0.390 e. The molecule has 1 aromatic rings. The second kappa shape index (κ2) is 6.30. The van der Waals surface area contributed by atoms with Crippen LogP contribution in [0.2, 0.25) is 0 Å². The van der Waals surface area contributed by atoms with Gasteiger partial charge in [-0.15, -0.1) is 0 Å². The van der Waals surface area contributed by atoms with Crippen molar-refractivity contribution < 1.29 is 13.5 Å². The third kappa shape index (κ3) is 3.53. The van der Waals surface area contributed by atoms with Crippen molar-refractivity contribution in [2.24, 2.45) is 0 Å². The molecule has 1 aromatic heterocycles. The predicted octanol–water partition coefficient (Wildman–Crippen LogP) is 1.17. The number of hydrogen-bond donors (Lipinski definition) is 2. The summed E-state index contributed by atoms with van der Waals surface area (Å²) in [7, 11) is -3.47. The molecule has 108 valence electrons. The summed E-state index contributed by atoms with van der Waals surface area (Å²) in [6.45, 7) is 2.41. The van der Waals surface area contributed by atoms with Gasteiger partial charge in [-0.25, -0.2) is 13.1 Å². The fourth-order valence-corrected chi connectivity index (χ4v) is 4.68. The average Bonchev–Trinajstić information content (AvgIpc) is 2.83. The Morgan fingerprint density at radius 2 is 2.16 bits per heavy atom. The highest BCUT2D eigenvalue weighted by molar-refractivity contribution is 7.99. The van der Waals surface area contributed by atoms with E-state index in [0.717, 1.165) is 24.3 Å². The molecule has 2 rings (SSSR count). The minimum absolute atomic E-state index is 0.0359. The van der Waals surface area contributed by atoms with Crippen LogP contribution in [-0.4, -0.2) is 35.6 Å². The summed E-state index contributed by atoms with van der Waals surface area (Å²) in [5.74, 6) is 2.01. The zero-order valence-electron chi connectivity index (χ0n) is 11.0. The number of aliphatic hydroxyl groups excluding tert-OH is 1. The number of nitrogens with zero attached hydrogens (tertiary/aromatic N) is 1. The van der Waals surface area contributed by atoms with E-state index in [2.05, 4.69) is 4.72 Å². The maximum atomic E-state index is 12.3. The first kappa shape index (κ1) is 14.9. The lowest BCUT2D eigenvalue weighted by atomic mass is 10.2. The molecule has 0 bridgehead atoms. The van der Waals surface area contributed by atoms with Crippen molar-refractivity contribution in [1.82, 2.24) is 9.29 Å². The van der Waals surface area contributed by atoms with Crippen molar-refractivity contribution in [1.29, 1.82) is 0 Å². The Bertz CT molecular complexity index is 498. The van der Waals surface area contributed by atoms with Gasteiger partial charge in [0.15, 0.2) is 0 Å². The molecular formula is C12H20N2O3S2. The second-order valence-electron chi connectivity index (χ2n) is 4.62. The van der Waals surface area contributed by atoms with E-state index in [9.17, 15) is 13.5 Å². The number of nitrogens with one attached hydrogen (secondary N) is 1. The van der Waals surface area contributed by atoms with Crippen molar-refractivity contribution >= 4 is 21.8 Å². The van der Waals surface area contributed by atoms with E-state index in [1.165, 1.54) is 0 Å². The summed E-state index contributed by atoms with van der Waals surface area (Å²) in [4.78, 5) is 0.247. The van der Waals surface area contributed by atoms with Crippen molar-refractivity contribution in [2.75, 3.05) is 11.5 Å². The largest absolute Gasteiger partial charge is 0.390 e. The molecule has 1 aliphatic rings. The lowest BCUT2D eigenvalue weighted by Gasteiger charge is -2.21. The maximum Gasteiger partial charge on any atom is 0.242 e. The van der Waals surface area contributed by atoms with Crippen LogP contribution in [0.25, 0.3) is 0 Å². The summed E-state index contributed by atoms with van der Waals surface area (Å²) in [5, 5.41) is 9.21. The smallest absolute Gasteiger partial charge is 0.242 e. The topological polar surface area (TPSA) is 71.3 Å². The molecule has 0 atom stereocenters. The van der Waals surface area contributed by atoms with Gasteiger partial charge in [0.2, 0.25) is 10.0 Å². The lowest BCUT2D eigenvalue weighted by Crippen LogP contribution is -2.37. The van der Waals surface area contributed by atoms with Gasteiger partial charge in [0, 0.05) is 24.5 Å². The molecule has 2 heterocycles. The highest BCUT2D eigenvalue weighted by atomic mass is 32.2. The van der Waals surface area contributed by atoms with Crippen LogP contribution in [0, 0.1) is 0 Å². The molecule has 0 aromatic carbocycles. The molecule has 0 unspecified atom stereocenters. The number of sulfonamides is 1. The fourth-order valence-electron chi connectivity index (χ4n) is 2.20. The molecule has 1 saturated heterocycles. The third-order valence-corrected chi connectivity index (χ3v) is 5.85. The van der Waals surface area contributed by atoms with Crippen LogP contribution < -0.4 is 4.72 Å². The first-order valence-corrected chi connectivity index (χ1v) is 9.10. The van der Waals surface area contributed by atoms with Gasteiger partial charge in [0.1, 0.15) is 0 Å². The molecule has 5 nitrogen and oxygen atoms in total. The Morgan fingerprint density at radius 3 is 2.68 bits per heavy atom. The van der Waals surface area contributed by atoms with Crippen molar-refractivity contribution in [2.45, 2.75) is 43.9 Å². The summed E-state index contributed by atoms with van der Waals surface area (Å²) in [6, 6.07) is 1.58. The SMILES string of the molecule is CCn1cc(S(=O)(=O)NC2CCSCC2)cc1CO. The van der Waals surface area contributed by atoms with E-state index in [1.54, 1.807) is 16.8 Å². The number of rotatable bonds is 5. The molecule has 7 heteroatoms. The molecule has 19 heavy (non-hydrogen) atoms. The van der Waals surface area contributed by atoms with Gasteiger partial charge in [-0.05, 0) is 37.3 Å². The standard InChI is InChI=1S/C12H20N2O3S2/c1-2-14-8-12(7-11(14)9-15)19(16,17)13-10-3-5-18-6-4-10/h7-8,10,13,15H,2-6,9H2,1H3. The summed E-state index contributed by atoms with van der Waals surface area (Å²) < 4.78 is 29.1. The Hall–Kier alpha value is -0.500. The van der Waals surface area contributed by atoms with Gasteiger partial charge in [0.25, 0.3) is 0 Å². The van der Waals surface area contributed by atoms with Crippen LogP contribution in [0.1, 0.15) is 25.5 Å². The quantitative estimate of drug-likeness (QED) is 0.857.